The molecule has 0 aliphatic carbocycles. The summed E-state index contributed by atoms with van der Waals surface area (Å²) >= 11 is 0. The Morgan fingerprint density at radius 2 is 1.76 bits per heavy atom. The average Bonchev–Trinajstić information content (AvgIpc) is 2.25. The zero-order chi connectivity index (χ0) is 13.0. The SMILES string of the molecule is CC(C)C(N[C@@H](C)c1ccc(F)cc1)C(=O)O. The van der Waals surface area contributed by atoms with Crippen LogP contribution in [0.4, 0.5) is 4.39 Å². The molecule has 0 aliphatic heterocycles. The van der Waals surface area contributed by atoms with Crippen LogP contribution in [0.1, 0.15) is 32.4 Å². The predicted molar refractivity (Wildman–Crippen MR) is 64.2 cm³/mol. The Labute approximate surface area is 101 Å². The van der Waals surface area contributed by atoms with Crippen molar-refractivity contribution in [2.24, 2.45) is 5.92 Å². The van der Waals surface area contributed by atoms with E-state index in [1.54, 1.807) is 12.1 Å². The molecular weight excluding hydrogens is 221 g/mol. The number of carboxylic acids is 1. The number of benzene rings is 1. The molecule has 1 aromatic carbocycles. The monoisotopic (exact) mass is 239 g/mol. The van der Waals surface area contributed by atoms with Gasteiger partial charge < -0.3 is 5.11 Å². The van der Waals surface area contributed by atoms with E-state index in [2.05, 4.69) is 5.32 Å². The Morgan fingerprint density at radius 1 is 1.24 bits per heavy atom. The number of nitrogens with one attached hydrogen (secondary N) is 1. The second-order valence-electron chi connectivity index (χ2n) is 4.50. The fraction of sp³-hybridized carbons (Fsp3) is 0.462. The first-order valence-corrected chi connectivity index (χ1v) is 5.66. The normalized spacial score (nSPS) is 14.6. The fourth-order valence-corrected chi connectivity index (χ4v) is 1.67. The zero-order valence-corrected chi connectivity index (χ0v) is 10.3. The van der Waals surface area contributed by atoms with Crippen LogP contribution in [-0.4, -0.2) is 17.1 Å². The minimum Gasteiger partial charge on any atom is -0.480 e. The Kier molecular flexibility index (Phi) is 4.63. The van der Waals surface area contributed by atoms with E-state index in [9.17, 15) is 9.18 Å². The molecule has 1 aromatic rings. The Hall–Kier alpha value is -1.42. The van der Waals surface area contributed by atoms with Crippen LogP contribution < -0.4 is 5.32 Å². The van der Waals surface area contributed by atoms with E-state index in [1.807, 2.05) is 20.8 Å². The highest BCUT2D eigenvalue weighted by Gasteiger charge is 2.23. The van der Waals surface area contributed by atoms with Gasteiger partial charge in [-0.25, -0.2) is 4.39 Å². The Balaban J connectivity index is 2.73. The maximum Gasteiger partial charge on any atom is 0.320 e. The van der Waals surface area contributed by atoms with Crippen molar-refractivity contribution >= 4 is 5.97 Å². The summed E-state index contributed by atoms with van der Waals surface area (Å²) in [5.74, 6) is -1.16. The van der Waals surface area contributed by atoms with Gasteiger partial charge in [-0.15, -0.1) is 0 Å². The number of carboxylic acid groups (broad SMARTS) is 1. The third-order valence-corrected chi connectivity index (χ3v) is 2.73. The van der Waals surface area contributed by atoms with Crippen LogP contribution in [0, 0.1) is 11.7 Å². The van der Waals surface area contributed by atoms with Crippen molar-refractivity contribution in [1.82, 2.24) is 5.32 Å². The van der Waals surface area contributed by atoms with Crippen molar-refractivity contribution in [1.29, 1.82) is 0 Å². The van der Waals surface area contributed by atoms with Crippen molar-refractivity contribution in [3.05, 3.63) is 35.6 Å². The van der Waals surface area contributed by atoms with Crippen LogP contribution in [0.3, 0.4) is 0 Å². The van der Waals surface area contributed by atoms with E-state index < -0.39 is 12.0 Å². The maximum absolute atomic E-state index is 12.8. The summed E-state index contributed by atoms with van der Waals surface area (Å²) in [5, 5.41) is 12.1. The van der Waals surface area contributed by atoms with E-state index in [1.165, 1.54) is 12.1 Å². The summed E-state index contributed by atoms with van der Waals surface area (Å²) in [6.07, 6.45) is 0. The van der Waals surface area contributed by atoms with Crippen LogP contribution in [0.25, 0.3) is 0 Å². The molecule has 0 fully saturated rings. The third-order valence-electron chi connectivity index (χ3n) is 2.73. The zero-order valence-electron chi connectivity index (χ0n) is 10.3. The topological polar surface area (TPSA) is 49.3 Å². The molecular formula is C13H18FNO2. The number of hydrogen-bond donors (Lipinski definition) is 2. The second-order valence-corrected chi connectivity index (χ2v) is 4.50. The summed E-state index contributed by atoms with van der Waals surface area (Å²) in [6, 6.07) is 5.34. The molecule has 3 nitrogen and oxygen atoms in total. The molecule has 0 heterocycles. The highest BCUT2D eigenvalue weighted by Crippen LogP contribution is 2.15. The molecule has 0 saturated heterocycles. The number of carbonyl (C=O) groups is 1. The van der Waals surface area contributed by atoms with E-state index in [4.69, 9.17) is 5.11 Å². The lowest BCUT2D eigenvalue weighted by molar-refractivity contribution is -0.140. The molecule has 17 heavy (non-hydrogen) atoms. The molecule has 0 aliphatic rings. The van der Waals surface area contributed by atoms with Crippen molar-refractivity contribution in [3.63, 3.8) is 0 Å². The van der Waals surface area contributed by atoms with Gasteiger partial charge in [-0.2, -0.15) is 0 Å². The average molecular weight is 239 g/mol. The lowest BCUT2D eigenvalue weighted by Gasteiger charge is -2.23. The molecule has 1 unspecified atom stereocenters. The van der Waals surface area contributed by atoms with E-state index in [0.29, 0.717) is 0 Å². The second kappa shape index (κ2) is 5.77. The molecule has 0 spiro atoms. The van der Waals surface area contributed by atoms with Crippen LogP contribution in [-0.2, 0) is 4.79 Å². The van der Waals surface area contributed by atoms with Crippen LogP contribution in [0.2, 0.25) is 0 Å². The van der Waals surface area contributed by atoms with Gasteiger partial charge in [0.25, 0.3) is 0 Å². The third kappa shape index (κ3) is 3.82. The largest absolute Gasteiger partial charge is 0.480 e. The minimum atomic E-state index is -0.867. The number of rotatable bonds is 5. The predicted octanol–water partition coefficient (Wildman–Crippen LogP) is 2.59. The first kappa shape index (κ1) is 13.6. The molecule has 2 N–H and O–H groups in total. The summed E-state index contributed by atoms with van der Waals surface area (Å²) in [4.78, 5) is 11.0. The van der Waals surface area contributed by atoms with Crippen molar-refractivity contribution in [3.8, 4) is 0 Å². The molecule has 94 valence electrons. The van der Waals surface area contributed by atoms with Gasteiger partial charge in [0.2, 0.25) is 0 Å². The van der Waals surface area contributed by atoms with Crippen LogP contribution in [0.15, 0.2) is 24.3 Å². The summed E-state index contributed by atoms with van der Waals surface area (Å²) in [6.45, 7) is 5.57. The summed E-state index contributed by atoms with van der Waals surface area (Å²) in [7, 11) is 0. The van der Waals surface area contributed by atoms with Gasteiger partial charge in [-0.05, 0) is 30.5 Å². The molecule has 2 atom stereocenters. The maximum atomic E-state index is 12.8. The van der Waals surface area contributed by atoms with Crippen molar-refractivity contribution in [2.75, 3.05) is 0 Å². The molecule has 4 heteroatoms. The summed E-state index contributed by atoms with van der Waals surface area (Å²) < 4.78 is 12.8. The molecule has 0 aromatic heterocycles. The molecule has 0 bridgehead atoms. The van der Waals surface area contributed by atoms with Gasteiger partial charge in [-0.3, -0.25) is 10.1 Å². The molecule has 1 rings (SSSR count). The van der Waals surface area contributed by atoms with E-state index in [-0.39, 0.29) is 17.8 Å². The smallest absolute Gasteiger partial charge is 0.320 e. The number of hydrogen-bond acceptors (Lipinski definition) is 2. The standard InChI is InChI=1S/C13H18FNO2/c1-8(2)12(13(16)17)15-9(3)10-4-6-11(14)7-5-10/h4-9,12,15H,1-3H3,(H,16,17)/t9-,12?/m0/s1. The first-order valence-electron chi connectivity index (χ1n) is 5.66. The molecule has 0 saturated carbocycles. The molecule has 0 amide bonds. The van der Waals surface area contributed by atoms with Crippen LogP contribution >= 0.6 is 0 Å². The van der Waals surface area contributed by atoms with Gasteiger partial charge in [-0.1, -0.05) is 26.0 Å². The lowest BCUT2D eigenvalue weighted by Crippen LogP contribution is -2.42. The van der Waals surface area contributed by atoms with Crippen molar-refractivity contribution < 1.29 is 14.3 Å². The molecule has 0 radical (unpaired) electrons. The number of aliphatic carboxylic acids is 1. The Bertz CT molecular complexity index is 376. The summed E-state index contributed by atoms with van der Waals surface area (Å²) in [5.41, 5.74) is 0.873. The number of halogens is 1. The quantitative estimate of drug-likeness (QED) is 0.830. The lowest BCUT2D eigenvalue weighted by atomic mass is 10.0. The van der Waals surface area contributed by atoms with Gasteiger partial charge in [0.15, 0.2) is 0 Å². The van der Waals surface area contributed by atoms with Gasteiger partial charge >= 0.3 is 5.97 Å². The van der Waals surface area contributed by atoms with E-state index >= 15 is 0 Å². The highest BCUT2D eigenvalue weighted by molar-refractivity contribution is 5.73. The van der Waals surface area contributed by atoms with Gasteiger partial charge in [0, 0.05) is 6.04 Å². The van der Waals surface area contributed by atoms with Gasteiger partial charge in [0.1, 0.15) is 11.9 Å². The van der Waals surface area contributed by atoms with E-state index in [0.717, 1.165) is 5.56 Å². The first-order chi connectivity index (χ1) is 7.91. The minimum absolute atomic E-state index is 0.00426. The van der Waals surface area contributed by atoms with Crippen LogP contribution in [0.5, 0.6) is 0 Å². The Morgan fingerprint density at radius 3 is 2.18 bits per heavy atom. The highest BCUT2D eigenvalue weighted by atomic mass is 19.1. The fourth-order valence-electron chi connectivity index (χ4n) is 1.67. The van der Waals surface area contributed by atoms with Crippen molar-refractivity contribution in [2.45, 2.75) is 32.9 Å². The van der Waals surface area contributed by atoms with Gasteiger partial charge in [0.05, 0.1) is 0 Å².